The summed E-state index contributed by atoms with van der Waals surface area (Å²) in [6.07, 6.45) is 3.72. The zero-order valence-corrected chi connectivity index (χ0v) is 15.6. The number of hydrogen-bond acceptors (Lipinski definition) is 5. The molecule has 1 amide bonds. The molecule has 1 atom stereocenters. The average molecular weight is 358 g/mol. The summed E-state index contributed by atoms with van der Waals surface area (Å²) in [6, 6.07) is 1.63. The van der Waals surface area contributed by atoms with E-state index in [9.17, 15) is 4.79 Å². The quantitative estimate of drug-likeness (QED) is 0.709. The van der Waals surface area contributed by atoms with Crippen LogP contribution in [0.25, 0.3) is 0 Å². The van der Waals surface area contributed by atoms with Gasteiger partial charge in [-0.05, 0) is 19.9 Å². The van der Waals surface area contributed by atoms with E-state index >= 15 is 0 Å². The third-order valence-corrected chi connectivity index (χ3v) is 4.97. The number of nitrogens with one attached hydrogen (secondary N) is 2. The Morgan fingerprint density at radius 3 is 2.88 bits per heavy atom. The zero-order valence-electron chi connectivity index (χ0n) is 14.8. The fourth-order valence-corrected chi connectivity index (χ4v) is 3.40. The van der Waals surface area contributed by atoms with Crippen LogP contribution in [0, 0.1) is 6.92 Å². The van der Waals surface area contributed by atoms with E-state index in [0.29, 0.717) is 18.2 Å². The van der Waals surface area contributed by atoms with Crippen LogP contribution in [0.1, 0.15) is 65.4 Å². The number of aromatic nitrogens is 5. The molecule has 0 saturated carbocycles. The largest absolute Gasteiger partial charge is 0.342 e. The first-order valence-electron chi connectivity index (χ1n) is 8.22. The summed E-state index contributed by atoms with van der Waals surface area (Å²) in [5, 5.41) is 12.9. The van der Waals surface area contributed by atoms with Crippen molar-refractivity contribution in [2.75, 3.05) is 0 Å². The van der Waals surface area contributed by atoms with Crippen LogP contribution >= 0.6 is 11.3 Å². The number of thiazole rings is 1. The van der Waals surface area contributed by atoms with Crippen molar-refractivity contribution in [1.82, 2.24) is 30.0 Å². The Balaban J connectivity index is 1.66. The molecule has 1 unspecified atom stereocenters. The van der Waals surface area contributed by atoms with Gasteiger partial charge in [-0.2, -0.15) is 5.10 Å². The third-order valence-electron chi connectivity index (χ3n) is 3.82. The molecule has 3 rings (SSSR count). The molecule has 0 aromatic carbocycles. The van der Waals surface area contributed by atoms with Crippen molar-refractivity contribution < 1.29 is 4.79 Å². The van der Waals surface area contributed by atoms with Gasteiger partial charge < -0.3 is 9.88 Å². The predicted octanol–water partition coefficient (Wildman–Crippen LogP) is 3.03. The molecule has 0 spiro atoms. The van der Waals surface area contributed by atoms with Gasteiger partial charge >= 0.3 is 0 Å². The maximum atomic E-state index is 12.4. The summed E-state index contributed by atoms with van der Waals surface area (Å²) in [4.78, 5) is 21.2. The van der Waals surface area contributed by atoms with Gasteiger partial charge in [0, 0.05) is 29.4 Å². The van der Waals surface area contributed by atoms with Gasteiger partial charge in [-0.1, -0.05) is 13.8 Å². The Morgan fingerprint density at radius 2 is 2.20 bits per heavy atom. The van der Waals surface area contributed by atoms with Gasteiger partial charge in [-0.3, -0.25) is 9.89 Å². The maximum Gasteiger partial charge on any atom is 0.272 e. The van der Waals surface area contributed by atoms with Gasteiger partial charge in [-0.25, -0.2) is 9.97 Å². The highest BCUT2D eigenvalue weighted by molar-refractivity contribution is 7.09. The molecule has 2 N–H and O–H groups in total. The van der Waals surface area contributed by atoms with Crippen LogP contribution < -0.4 is 5.32 Å². The van der Waals surface area contributed by atoms with Crippen molar-refractivity contribution >= 4 is 17.2 Å². The number of hydrogen-bond donors (Lipinski definition) is 2. The molecule has 0 saturated heterocycles. The van der Waals surface area contributed by atoms with Crippen molar-refractivity contribution in [2.24, 2.45) is 0 Å². The Bertz CT molecular complexity index is 862. The van der Waals surface area contributed by atoms with E-state index in [2.05, 4.69) is 43.9 Å². The zero-order chi connectivity index (χ0) is 18.0. The van der Waals surface area contributed by atoms with Crippen molar-refractivity contribution in [3.63, 3.8) is 0 Å². The lowest BCUT2D eigenvalue weighted by Crippen LogP contribution is -2.26. The van der Waals surface area contributed by atoms with Crippen LogP contribution in [0.4, 0.5) is 0 Å². The molecular weight excluding hydrogens is 336 g/mol. The van der Waals surface area contributed by atoms with E-state index in [4.69, 9.17) is 0 Å². The summed E-state index contributed by atoms with van der Waals surface area (Å²) in [7, 11) is 0. The second-order valence-corrected chi connectivity index (χ2v) is 7.26. The highest BCUT2D eigenvalue weighted by Gasteiger charge is 2.17. The van der Waals surface area contributed by atoms with Gasteiger partial charge in [0.15, 0.2) is 0 Å². The molecule has 3 heterocycles. The van der Waals surface area contributed by atoms with Crippen LogP contribution in [0.2, 0.25) is 0 Å². The Labute approximate surface area is 150 Å². The average Bonchev–Trinajstić information content (AvgIpc) is 3.28. The molecule has 7 nitrogen and oxygen atoms in total. The molecule has 8 heteroatoms. The van der Waals surface area contributed by atoms with Crippen LogP contribution in [-0.2, 0) is 6.54 Å². The third kappa shape index (κ3) is 3.96. The van der Waals surface area contributed by atoms with Crippen molar-refractivity contribution in [3.8, 4) is 0 Å². The first-order valence-corrected chi connectivity index (χ1v) is 9.10. The summed E-state index contributed by atoms with van der Waals surface area (Å²) >= 11 is 1.54. The summed E-state index contributed by atoms with van der Waals surface area (Å²) in [5.41, 5.74) is 2.20. The Hall–Kier alpha value is -2.48. The highest BCUT2D eigenvalue weighted by Crippen LogP contribution is 2.18. The first-order chi connectivity index (χ1) is 11.9. The minimum atomic E-state index is -0.211. The number of aromatic amines is 1. The number of aryl methyl sites for hydroxylation is 1. The van der Waals surface area contributed by atoms with Gasteiger partial charge in [0.1, 0.15) is 16.5 Å². The topological polar surface area (TPSA) is 88.5 Å². The van der Waals surface area contributed by atoms with Crippen LogP contribution in [0.15, 0.2) is 23.8 Å². The minimum Gasteiger partial charge on any atom is -0.342 e. The summed E-state index contributed by atoms with van der Waals surface area (Å²) in [5.74, 6) is 1.13. The minimum absolute atomic E-state index is 0.146. The molecule has 0 radical (unpaired) electrons. The number of rotatable bonds is 6. The Morgan fingerprint density at radius 1 is 1.40 bits per heavy atom. The number of H-pyrrole nitrogens is 1. The SMILES string of the molecule is Cc1csc(C(C)NC(=O)c2cc(Cn3ccnc3C(C)C)[nH]n2)n1. The lowest BCUT2D eigenvalue weighted by Gasteiger charge is -2.09. The number of nitrogens with zero attached hydrogens (tertiary/aromatic N) is 4. The van der Waals surface area contributed by atoms with Gasteiger partial charge in [0.05, 0.1) is 18.3 Å². The van der Waals surface area contributed by atoms with Gasteiger partial charge in [-0.15, -0.1) is 11.3 Å². The van der Waals surface area contributed by atoms with E-state index in [0.717, 1.165) is 22.2 Å². The van der Waals surface area contributed by atoms with E-state index in [1.165, 1.54) is 0 Å². The lowest BCUT2D eigenvalue weighted by molar-refractivity contribution is 0.0934. The molecule has 0 aliphatic carbocycles. The molecule has 0 aliphatic heterocycles. The standard InChI is InChI=1S/C17H22N6OS/c1-10(2)15-18-5-6-23(15)8-13-7-14(22-21-13)16(24)20-12(4)17-19-11(3)9-25-17/h5-7,9-10,12H,8H2,1-4H3,(H,20,24)(H,21,22). The summed E-state index contributed by atoms with van der Waals surface area (Å²) in [6.45, 7) is 8.67. The first kappa shape index (κ1) is 17.3. The molecular formula is C17H22N6OS. The Kier molecular flexibility index (Phi) is 4.98. The van der Waals surface area contributed by atoms with E-state index in [1.54, 1.807) is 23.6 Å². The van der Waals surface area contributed by atoms with Crippen LogP contribution in [0.3, 0.4) is 0 Å². The van der Waals surface area contributed by atoms with Crippen molar-refractivity contribution in [1.29, 1.82) is 0 Å². The van der Waals surface area contributed by atoms with Crippen molar-refractivity contribution in [2.45, 2.75) is 46.2 Å². The number of amides is 1. The van der Waals surface area contributed by atoms with Gasteiger partial charge in [0.25, 0.3) is 5.91 Å². The van der Waals surface area contributed by atoms with Crippen LogP contribution in [-0.4, -0.2) is 30.6 Å². The molecule has 0 aliphatic rings. The smallest absolute Gasteiger partial charge is 0.272 e. The fraction of sp³-hybridized carbons (Fsp3) is 0.412. The summed E-state index contributed by atoms with van der Waals surface area (Å²) < 4.78 is 2.06. The lowest BCUT2D eigenvalue weighted by atomic mass is 10.2. The van der Waals surface area contributed by atoms with Crippen molar-refractivity contribution in [3.05, 3.63) is 51.8 Å². The number of carbonyl (C=O) groups excluding carboxylic acids is 1. The molecule has 25 heavy (non-hydrogen) atoms. The number of carbonyl (C=O) groups is 1. The second-order valence-electron chi connectivity index (χ2n) is 6.37. The molecule has 0 fully saturated rings. The highest BCUT2D eigenvalue weighted by atomic mass is 32.1. The second kappa shape index (κ2) is 7.18. The molecule has 3 aromatic rings. The molecule has 3 aromatic heterocycles. The van der Waals surface area contributed by atoms with E-state index in [1.807, 2.05) is 25.4 Å². The molecule has 0 bridgehead atoms. The maximum absolute atomic E-state index is 12.4. The predicted molar refractivity (Wildman–Crippen MR) is 96.7 cm³/mol. The number of imidazole rings is 1. The molecule has 132 valence electrons. The fourth-order valence-electron chi connectivity index (χ4n) is 2.60. The van der Waals surface area contributed by atoms with Gasteiger partial charge in [0.2, 0.25) is 0 Å². The van der Waals surface area contributed by atoms with E-state index < -0.39 is 0 Å². The normalized spacial score (nSPS) is 12.5. The monoisotopic (exact) mass is 358 g/mol. The van der Waals surface area contributed by atoms with Crippen LogP contribution in [0.5, 0.6) is 0 Å². The van der Waals surface area contributed by atoms with E-state index in [-0.39, 0.29) is 11.9 Å².